The van der Waals surface area contributed by atoms with Gasteiger partial charge in [-0.05, 0) is 38.8 Å². The Bertz CT molecular complexity index is 961. The van der Waals surface area contributed by atoms with E-state index in [-0.39, 0.29) is 42.3 Å². The van der Waals surface area contributed by atoms with Crippen molar-refractivity contribution in [2.24, 2.45) is 5.73 Å². The van der Waals surface area contributed by atoms with E-state index in [0.717, 1.165) is 12.1 Å². The standard InChI is InChI=1S/C23H32F2N4O5/c1-14(34-32)21(26)19-13-29(9-8-28(19)5)20(30)12-17(27-22(31)33-23(2,3)4)10-15-6-7-16(24)11-18(15)25/h6-7,11,17,32H,1,8-10,12-13,26H2,2-5H3,(H,27,31)/b21-19-. The second-order valence-corrected chi connectivity index (χ2v) is 9.10. The summed E-state index contributed by atoms with van der Waals surface area (Å²) < 4.78 is 32.8. The number of alkyl carbamates (subject to hydrolysis) is 1. The first-order valence-electron chi connectivity index (χ1n) is 10.7. The molecule has 1 aliphatic heterocycles. The predicted molar refractivity (Wildman–Crippen MR) is 121 cm³/mol. The molecule has 1 unspecified atom stereocenters. The topological polar surface area (TPSA) is 117 Å². The molecule has 0 bridgehead atoms. The third-order valence-corrected chi connectivity index (χ3v) is 5.20. The molecule has 2 amide bonds. The number of hydrogen-bond donors (Lipinski definition) is 3. The normalized spacial score (nSPS) is 16.6. The molecule has 1 aromatic carbocycles. The maximum absolute atomic E-state index is 14.3. The lowest BCUT2D eigenvalue weighted by atomic mass is 10.0. The summed E-state index contributed by atoms with van der Waals surface area (Å²) >= 11 is 0. The highest BCUT2D eigenvalue weighted by Crippen LogP contribution is 2.20. The van der Waals surface area contributed by atoms with Gasteiger partial charge in [-0.2, -0.15) is 0 Å². The van der Waals surface area contributed by atoms with Gasteiger partial charge in [0.1, 0.15) is 17.2 Å². The molecule has 0 aromatic heterocycles. The van der Waals surface area contributed by atoms with Crippen LogP contribution >= 0.6 is 0 Å². The summed E-state index contributed by atoms with van der Waals surface area (Å²) in [6.07, 6.45) is -0.970. The van der Waals surface area contributed by atoms with E-state index in [1.54, 1.807) is 27.8 Å². The van der Waals surface area contributed by atoms with Gasteiger partial charge in [-0.3, -0.25) is 4.79 Å². The number of nitrogens with zero attached hydrogens (tertiary/aromatic N) is 2. The zero-order valence-corrected chi connectivity index (χ0v) is 19.9. The summed E-state index contributed by atoms with van der Waals surface area (Å²) in [6.45, 7) is 9.55. The molecule has 2 rings (SSSR count). The highest BCUT2D eigenvalue weighted by Gasteiger charge is 2.29. The maximum Gasteiger partial charge on any atom is 0.407 e. The quantitative estimate of drug-likeness (QED) is 0.311. The lowest BCUT2D eigenvalue weighted by molar-refractivity contribution is -0.199. The molecule has 1 aliphatic rings. The highest BCUT2D eigenvalue weighted by atomic mass is 19.1. The van der Waals surface area contributed by atoms with Crippen LogP contribution in [-0.4, -0.2) is 65.4 Å². The molecule has 4 N–H and O–H groups in total. The van der Waals surface area contributed by atoms with Crippen molar-refractivity contribution in [2.45, 2.75) is 45.3 Å². The lowest BCUT2D eigenvalue weighted by Gasteiger charge is -2.37. The minimum atomic E-state index is -0.817. The van der Waals surface area contributed by atoms with Crippen LogP contribution in [0.15, 0.2) is 41.9 Å². The van der Waals surface area contributed by atoms with Gasteiger partial charge in [0, 0.05) is 38.7 Å². The summed E-state index contributed by atoms with van der Waals surface area (Å²) in [5, 5.41) is 11.5. The van der Waals surface area contributed by atoms with Crippen molar-refractivity contribution in [3.8, 4) is 0 Å². The van der Waals surface area contributed by atoms with E-state index in [1.807, 2.05) is 4.90 Å². The number of hydrogen-bond acceptors (Lipinski definition) is 7. The van der Waals surface area contributed by atoms with Gasteiger partial charge in [-0.25, -0.2) is 18.8 Å². The van der Waals surface area contributed by atoms with E-state index in [0.29, 0.717) is 18.8 Å². The van der Waals surface area contributed by atoms with E-state index >= 15 is 0 Å². The lowest BCUT2D eigenvalue weighted by Crippen LogP contribution is -2.49. The van der Waals surface area contributed by atoms with Crippen LogP contribution in [0, 0.1) is 11.6 Å². The van der Waals surface area contributed by atoms with Crippen LogP contribution in [0.4, 0.5) is 13.6 Å². The van der Waals surface area contributed by atoms with Gasteiger partial charge >= 0.3 is 6.09 Å². The summed E-state index contributed by atoms with van der Waals surface area (Å²) in [4.78, 5) is 32.9. The van der Waals surface area contributed by atoms with Crippen LogP contribution in [-0.2, 0) is 20.8 Å². The molecule has 1 fully saturated rings. The molecular formula is C23H32F2N4O5. The molecule has 1 saturated heterocycles. The van der Waals surface area contributed by atoms with Crippen molar-refractivity contribution in [1.29, 1.82) is 0 Å². The fraction of sp³-hybridized carbons (Fsp3) is 0.478. The molecule has 188 valence electrons. The van der Waals surface area contributed by atoms with Gasteiger partial charge in [0.05, 0.1) is 17.9 Å². The summed E-state index contributed by atoms with van der Waals surface area (Å²) in [5.74, 6) is -1.97. The van der Waals surface area contributed by atoms with Crippen molar-refractivity contribution in [1.82, 2.24) is 15.1 Å². The van der Waals surface area contributed by atoms with Gasteiger partial charge < -0.3 is 30.5 Å². The van der Waals surface area contributed by atoms with E-state index in [4.69, 9.17) is 15.7 Å². The average Bonchev–Trinajstić information content (AvgIpc) is 2.73. The molecule has 11 heteroatoms. The molecule has 34 heavy (non-hydrogen) atoms. The Balaban J connectivity index is 2.20. The Morgan fingerprint density at radius 3 is 2.56 bits per heavy atom. The first-order chi connectivity index (χ1) is 15.8. The van der Waals surface area contributed by atoms with Crippen molar-refractivity contribution in [2.75, 3.05) is 26.7 Å². The number of nitrogens with one attached hydrogen (secondary N) is 1. The minimum absolute atomic E-state index is 0.0508. The molecule has 0 radical (unpaired) electrons. The van der Waals surface area contributed by atoms with E-state index in [9.17, 15) is 18.4 Å². The van der Waals surface area contributed by atoms with Gasteiger partial charge in [0.2, 0.25) is 5.91 Å². The number of nitrogens with two attached hydrogens (primary N) is 1. The number of piperazine rings is 1. The Morgan fingerprint density at radius 1 is 1.29 bits per heavy atom. The Kier molecular flexibility index (Phi) is 8.86. The fourth-order valence-corrected chi connectivity index (χ4v) is 3.44. The first kappa shape index (κ1) is 26.9. The number of amides is 2. The number of halogens is 2. The monoisotopic (exact) mass is 482 g/mol. The molecule has 0 saturated carbocycles. The van der Waals surface area contributed by atoms with Crippen molar-refractivity contribution in [3.05, 3.63) is 59.1 Å². The van der Waals surface area contributed by atoms with Crippen molar-refractivity contribution < 1.29 is 33.3 Å². The van der Waals surface area contributed by atoms with Crippen molar-refractivity contribution in [3.63, 3.8) is 0 Å². The van der Waals surface area contributed by atoms with Crippen LogP contribution in [0.5, 0.6) is 0 Å². The number of carbonyl (C=O) groups is 2. The van der Waals surface area contributed by atoms with Gasteiger partial charge in [0.25, 0.3) is 0 Å². The minimum Gasteiger partial charge on any atom is -0.444 e. The van der Waals surface area contributed by atoms with Crippen LogP contribution in [0.25, 0.3) is 0 Å². The van der Waals surface area contributed by atoms with E-state index < -0.39 is 29.4 Å². The molecule has 0 aliphatic carbocycles. The van der Waals surface area contributed by atoms with Gasteiger partial charge in [0.15, 0.2) is 5.76 Å². The molecule has 1 atom stereocenters. The van der Waals surface area contributed by atoms with Crippen LogP contribution < -0.4 is 11.1 Å². The second kappa shape index (κ2) is 11.2. The van der Waals surface area contributed by atoms with Crippen LogP contribution in [0.2, 0.25) is 0 Å². The summed E-state index contributed by atoms with van der Waals surface area (Å²) in [6, 6.07) is 2.32. The summed E-state index contributed by atoms with van der Waals surface area (Å²) in [7, 11) is 1.78. The van der Waals surface area contributed by atoms with Crippen molar-refractivity contribution >= 4 is 12.0 Å². The Morgan fingerprint density at radius 2 is 1.97 bits per heavy atom. The van der Waals surface area contributed by atoms with Gasteiger partial charge in [-0.1, -0.05) is 12.6 Å². The smallest absolute Gasteiger partial charge is 0.407 e. The number of likely N-dealkylation sites (N-methyl/N-ethyl adjacent to an activating group) is 1. The Hall–Kier alpha value is -3.34. The van der Waals surface area contributed by atoms with E-state index in [2.05, 4.69) is 16.8 Å². The zero-order chi connectivity index (χ0) is 25.6. The van der Waals surface area contributed by atoms with Crippen LogP contribution in [0.3, 0.4) is 0 Å². The fourth-order valence-electron chi connectivity index (χ4n) is 3.44. The largest absolute Gasteiger partial charge is 0.444 e. The van der Waals surface area contributed by atoms with E-state index in [1.165, 1.54) is 11.0 Å². The Labute approximate surface area is 197 Å². The molecule has 0 spiro atoms. The molecule has 1 aromatic rings. The number of benzene rings is 1. The van der Waals surface area contributed by atoms with Crippen LogP contribution in [0.1, 0.15) is 32.8 Å². The highest BCUT2D eigenvalue weighted by molar-refractivity contribution is 5.78. The molecular weight excluding hydrogens is 450 g/mol. The third-order valence-electron chi connectivity index (χ3n) is 5.20. The molecule has 1 heterocycles. The van der Waals surface area contributed by atoms with Gasteiger partial charge in [-0.15, -0.1) is 0 Å². The summed E-state index contributed by atoms with van der Waals surface area (Å²) in [5.41, 5.74) is 5.98. The first-order valence-corrected chi connectivity index (χ1v) is 10.7. The SMILES string of the molecule is C=C(OO)/C(N)=C1\CN(C(=O)CC(Cc2ccc(F)cc2F)NC(=O)OC(C)(C)C)CCN1C. The third kappa shape index (κ3) is 7.62. The number of carbonyl (C=O) groups excluding carboxylic acids is 2. The average molecular weight is 483 g/mol. The number of ether oxygens (including phenoxy) is 1. The second-order valence-electron chi connectivity index (χ2n) is 9.10. The maximum atomic E-state index is 14.3. The molecule has 9 nitrogen and oxygen atoms in total. The zero-order valence-electron chi connectivity index (χ0n) is 19.9. The predicted octanol–water partition coefficient (Wildman–Crippen LogP) is 2.74. The number of rotatable bonds is 7.